The van der Waals surface area contributed by atoms with Crippen LogP contribution in [0.5, 0.6) is 0 Å². The highest BCUT2D eigenvalue weighted by Gasteiger charge is 2.61. The fraction of sp³-hybridized carbons (Fsp3) is 0.435. The quantitative estimate of drug-likeness (QED) is 0.684. The second-order valence-corrected chi connectivity index (χ2v) is 11.7. The van der Waals surface area contributed by atoms with Gasteiger partial charge in [0.1, 0.15) is 10.3 Å². The number of likely N-dealkylation sites (tertiary alicyclic amines) is 1. The summed E-state index contributed by atoms with van der Waals surface area (Å²) in [5, 5.41) is 19.2. The third-order valence-corrected chi connectivity index (χ3v) is 8.92. The van der Waals surface area contributed by atoms with Crippen molar-refractivity contribution in [2.45, 2.75) is 61.3 Å². The Balaban J connectivity index is 1.88. The molecule has 1 saturated heterocycles. The minimum atomic E-state index is -3.89. The van der Waals surface area contributed by atoms with Crippen LogP contribution in [-0.4, -0.2) is 54.8 Å². The number of ether oxygens (including phenoxy) is 1. The Kier molecular flexibility index (Phi) is 5.63. The normalized spacial score (nSPS) is 22.8. The molecule has 1 heterocycles. The van der Waals surface area contributed by atoms with Gasteiger partial charge in [0.15, 0.2) is 9.84 Å². The largest absolute Gasteiger partial charge is 0.488 e. The molecule has 32 heavy (non-hydrogen) atoms. The molecule has 0 unspecified atom stereocenters. The summed E-state index contributed by atoms with van der Waals surface area (Å²) in [4.78, 5) is 14.8. The van der Waals surface area contributed by atoms with Crippen LogP contribution in [0.15, 0.2) is 53.4 Å². The third kappa shape index (κ3) is 3.62. The van der Waals surface area contributed by atoms with Gasteiger partial charge < -0.3 is 19.7 Å². The number of carbonyl (C=O) groups is 1. The molecular weight excluding hydrogens is 429 g/mol. The van der Waals surface area contributed by atoms with Gasteiger partial charge in [-0.15, -0.1) is 0 Å². The van der Waals surface area contributed by atoms with E-state index in [1.165, 1.54) is 0 Å². The number of aryl methyl sites for hydroxylation is 1. The fourth-order valence-electron chi connectivity index (χ4n) is 5.06. The van der Waals surface area contributed by atoms with Crippen LogP contribution >= 0.6 is 0 Å². The molecular formula is C23H28BNO6S. The zero-order valence-electron chi connectivity index (χ0n) is 18.5. The molecule has 1 aliphatic heterocycles. The van der Waals surface area contributed by atoms with Gasteiger partial charge in [-0.2, -0.15) is 0 Å². The lowest BCUT2D eigenvalue weighted by atomic mass is 9.73. The van der Waals surface area contributed by atoms with Crippen LogP contribution in [-0.2, 0) is 25.7 Å². The van der Waals surface area contributed by atoms with Gasteiger partial charge in [-0.05, 0) is 68.8 Å². The van der Waals surface area contributed by atoms with Crippen molar-refractivity contribution in [3.05, 3.63) is 59.7 Å². The summed E-state index contributed by atoms with van der Waals surface area (Å²) in [5.74, 6) is 0. The Morgan fingerprint density at radius 2 is 1.84 bits per heavy atom. The summed E-state index contributed by atoms with van der Waals surface area (Å²) in [7, 11) is -5.53. The zero-order valence-corrected chi connectivity index (χ0v) is 19.3. The van der Waals surface area contributed by atoms with Gasteiger partial charge in [-0.3, -0.25) is 0 Å². The molecule has 9 heteroatoms. The standard InChI is InChI=1S/C23H28BNO6S/c1-22(2,3)31-21(26)25-14-13-23(32(29,30)18-7-5-4-6-8-18)19-11-10-17(24(27)28)15-16(19)9-12-20(23)25/h4-8,10-11,15,20,27-28H,9,12-14H2,1-3H3/t20-,23-/m1/s1. The molecule has 4 rings (SSSR count). The highest BCUT2D eigenvalue weighted by Crippen LogP contribution is 2.52. The van der Waals surface area contributed by atoms with Crippen LogP contribution in [0.25, 0.3) is 0 Å². The Morgan fingerprint density at radius 1 is 1.16 bits per heavy atom. The van der Waals surface area contributed by atoms with Gasteiger partial charge in [0.05, 0.1) is 10.9 Å². The van der Waals surface area contributed by atoms with Crippen LogP contribution < -0.4 is 5.46 Å². The van der Waals surface area contributed by atoms with Gasteiger partial charge >= 0.3 is 13.2 Å². The number of sulfone groups is 1. The minimum Gasteiger partial charge on any atom is -0.444 e. The first-order valence-electron chi connectivity index (χ1n) is 10.8. The number of fused-ring (bicyclic) bond motifs is 3. The second kappa shape index (κ2) is 7.90. The third-order valence-electron chi connectivity index (χ3n) is 6.37. The summed E-state index contributed by atoms with van der Waals surface area (Å²) in [6.07, 6.45) is 0.677. The fourth-order valence-corrected chi connectivity index (χ4v) is 7.45. The number of amides is 1. The molecule has 1 fully saturated rings. The van der Waals surface area contributed by atoms with Crippen molar-refractivity contribution in [1.82, 2.24) is 4.90 Å². The van der Waals surface area contributed by atoms with Crippen molar-refractivity contribution in [3.63, 3.8) is 0 Å². The first-order chi connectivity index (χ1) is 15.0. The maximum Gasteiger partial charge on any atom is 0.488 e. The molecule has 0 spiro atoms. The monoisotopic (exact) mass is 457 g/mol. The molecule has 0 bridgehead atoms. The number of hydrogen-bond acceptors (Lipinski definition) is 6. The van der Waals surface area contributed by atoms with E-state index in [0.29, 0.717) is 23.9 Å². The van der Waals surface area contributed by atoms with E-state index in [9.17, 15) is 23.3 Å². The van der Waals surface area contributed by atoms with E-state index >= 15 is 0 Å². The maximum absolute atomic E-state index is 14.1. The van der Waals surface area contributed by atoms with E-state index in [2.05, 4.69) is 0 Å². The van der Waals surface area contributed by atoms with E-state index in [4.69, 9.17) is 4.74 Å². The number of hydrogen-bond donors (Lipinski definition) is 2. The molecule has 0 aromatic heterocycles. The molecule has 2 N–H and O–H groups in total. The van der Waals surface area contributed by atoms with Gasteiger partial charge in [0, 0.05) is 6.54 Å². The van der Waals surface area contributed by atoms with Gasteiger partial charge in [-0.25, -0.2) is 13.2 Å². The van der Waals surface area contributed by atoms with Crippen LogP contribution in [0, 0.1) is 0 Å². The lowest BCUT2D eigenvalue weighted by molar-refractivity contribution is 0.0202. The van der Waals surface area contributed by atoms with Crippen molar-refractivity contribution < 1.29 is 28.0 Å². The molecule has 7 nitrogen and oxygen atoms in total. The van der Waals surface area contributed by atoms with Crippen LogP contribution in [0.3, 0.4) is 0 Å². The number of nitrogens with zero attached hydrogens (tertiary/aromatic N) is 1. The van der Waals surface area contributed by atoms with E-state index in [1.54, 1.807) is 74.2 Å². The first-order valence-corrected chi connectivity index (χ1v) is 12.2. The molecule has 2 atom stereocenters. The van der Waals surface area contributed by atoms with Crippen molar-refractivity contribution in [3.8, 4) is 0 Å². The zero-order chi connectivity index (χ0) is 23.3. The summed E-state index contributed by atoms with van der Waals surface area (Å²) in [6.45, 7) is 5.61. The van der Waals surface area contributed by atoms with Gasteiger partial charge in [0.25, 0.3) is 0 Å². The average molecular weight is 457 g/mol. The smallest absolute Gasteiger partial charge is 0.444 e. The van der Waals surface area contributed by atoms with Crippen LogP contribution in [0.1, 0.15) is 44.7 Å². The van der Waals surface area contributed by atoms with E-state index < -0.39 is 39.4 Å². The molecule has 170 valence electrons. The number of carbonyl (C=O) groups excluding carboxylic acids is 1. The molecule has 2 aliphatic rings. The first kappa shape index (κ1) is 22.8. The van der Waals surface area contributed by atoms with Crippen molar-refractivity contribution >= 4 is 28.5 Å². The summed E-state index contributed by atoms with van der Waals surface area (Å²) < 4.78 is 32.6. The molecule has 0 radical (unpaired) electrons. The number of rotatable bonds is 3. The van der Waals surface area contributed by atoms with E-state index in [0.717, 1.165) is 5.56 Å². The topological polar surface area (TPSA) is 104 Å². The number of benzene rings is 2. The Hall–Kier alpha value is -2.36. The summed E-state index contributed by atoms with van der Waals surface area (Å²) in [5.41, 5.74) is 1.00. The Morgan fingerprint density at radius 3 is 2.47 bits per heavy atom. The summed E-state index contributed by atoms with van der Waals surface area (Å²) >= 11 is 0. The molecule has 1 aliphatic carbocycles. The molecule has 2 aromatic rings. The lowest BCUT2D eigenvalue weighted by Crippen LogP contribution is -2.53. The Bertz CT molecular complexity index is 1130. The van der Waals surface area contributed by atoms with Gasteiger partial charge in [0.2, 0.25) is 0 Å². The van der Waals surface area contributed by atoms with Crippen LogP contribution in [0.4, 0.5) is 4.79 Å². The molecule has 0 saturated carbocycles. The van der Waals surface area contributed by atoms with Crippen LogP contribution in [0.2, 0.25) is 0 Å². The van der Waals surface area contributed by atoms with Crippen molar-refractivity contribution in [2.75, 3.05) is 6.54 Å². The predicted octanol–water partition coefficient (Wildman–Crippen LogP) is 1.99. The minimum absolute atomic E-state index is 0.204. The second-order valence-electron chi connectivity index (χ2n) is 9.47. The molecule has 1 amide bonds. The highest BCUT2D eigenvalue weighted by atomic mass is 32.2. The SMILES string of the molecule is CC(C)(C)OC(=O)N1CC[C@@]2(S(=O)(=O)c3ccccc3)c3ccc(B(O)O)cc3CC[C@@H]12. The highest BCUT2D eigenvalue weighted by molar-refractivity contribution is 7.92. The lowest BCUT2D eigenvalue weighted by Gasteiger charge is -2.42. The van der Waals surface area contributed by atoms with E-state index in [1.807, 2.05) is 0 Å². The van der Waals surface area contributed by atoms with E-state index in [-0.39, 0.29) is 17.9 Å². The predicted molar refractivity (Wildman–Crippen MR) is 121 cm³/mol. The maximum atomic E-state index is 14.1. The van der Waals surface area contributed by atoms with Gasteiger partial charge in [-0.1, -0.05) is 36.4 Å². The molecule has 2 aromatic carbocycles. The Labute approximate surface area is 189 Å². The summed E-state index contributed by atoms with van der Waals surface area (Å²) in [6, 6.07) is 12.6. The average Bonchev–Trinajstić information content (AvgIpc) is 3.14. The van der Waals surface area contributed by atoms with Crippen molar-refractivity contribution in [1.29, 1.82) is 0 Å². The van der Waals surface area contributed by atoms with Crippen molar-refractivity contribution in [2.24, 2.45) is 0 Å².